The van der Waals surface area contributed by atoms with Gasteiger partial charge < -0.3 is 15.0 Å². The average molecular weight is 288 g/mol. The van der Waals surface area contributed by atoms with Crippen LogP contribution in [-0.4, -0.2) is 43.2 Å². The molecule has 0 bridgehead atoms. The molecule has 1 aromatic rings. The molecule has 0 aromatic heterocycles. The van der Waals surface area contributed by atoms with E-state index in [-0.39, 0.29) is 0 Å². The lowest BCUT2D eigenvalue weighted by Gasteiger charge is -2.24. The van der Waals surface area contributed by atoms with E-state index in [1.54, 1.807) is 0 Å². The molecule has 0 unspecified atom stereocenters. The van der Waals surface area contributed by atoms with E-state index in [0.717, 1.165) is 38.1 Å². The topological polar surface area (TPSA) is 24.5 Å². The third-order valence-corrected chi connectivity index (χ3v) is 4.83. The van der Waals surface area contributed by atoms with Crippen LogP contribution in [0, 0.1) is 0 Å². The smallest absolute Gasteiger partial charge is 0.120 e. The van der Waals surface area contributed by atoms with Gasteiger partial charge in [-0.15, -0.1) is 0 Å². The Hall–Kier alpha value is -1.06. The van der Waals surface area contributed by atoms with Gasteiger partial charge in [0.1, 0.15) is 11.9 Å². The van der Waals surface area contributed by atoms with E-state index >= 15 is 0 Å². The molecule has 0 atom stereocenters. The maximum absolute atomic E-state index is 6.18. The second-order valence-corrected chi connectivity index (χ2v) is 6.63. The molecule has 0 radical (unpaired) electrons. The Morgan fingerprint density at radius 1 is 1.10 bits per heavy atom. The third kappa shape index (κ3) is 3.78. The normalized spacial score (nSPS) is 21.1. The molecule has 1 aromatic carbocycles. The summed E-state index contributed by atoms with van der Waals surface area (Å²) >= 11 is 0. The number of nitrogens with zero attached hydrogens (tertiary/aromatic N) is 1. The van der Waals surface area contributed by atoms with E-state index in [4.69, 9.17) is 4.74 Å². The van der Waals surface area contributed by atoms with Crippen LogP contribution >= 0.6 is 0 Å². The van der Waals surface area contributed by atoms with Crippen LogP contribution in [0.3, 0.4) is 0 Å². The van der Waals surface area contributed by atoms with Gasteiger partial charge in [0.25, 0.3) is 0 Å². The van der Waals surface area contributed by atoms with Gasteiger partial charge in [-0.1, -0.05) is 6.07 Å². The van der Waals surface area contributed by atoms with E-state index in [9.17, 15) is 0 Å². The van der Waals surface area contributed by atoms with Crippen molar-refractivity contribution in [3.63, 3.8) is 0 Å². The second-order valence-electron chi connectivity index (χ2n) is 6.63. The molecule has 0 amide bonds. The molecule has 3 nitrogen and oxygen atoms in total. The van der Waals surface area contributed by atoms with Crippen molar-refractivity contribution in [2.24, 2.45) is 0 Å². The van der Waals surface area contributed by atoms with Gasteiger partial charge in [0.05, 0.1) is 0 Å². The summed E-state index contributed by atoms with van der Waals surface area (Å²) in [5.41, 5.74) is 3.00. The summed E-state index contributed by atoms with van der Waals surface area (Å²) in [7, 11) is 0. The molecule has 3 heteroatoms. The van der Waals surface area contributed by atoms with Crippen molar-refractivity contribution < 1.29 is 4.74 Å². The summed E-state index contributed by atoms with van der Waals surface area (Å²) in [6, 6.07) is 7.40. The zero-order valence-corrected chi connectivity index (χ0v) is 13.4. The van der Waals surface area contributed by atoms with E-state index < -0.39 is 0 Å². The van der Waals surface area contributed by atoms with Gasteiger partial charge in [-0.05, 0) is 75.9 Å². The molecule has 2 aliphatic rings. The Morgan fingerprint density at radius 2 is 1.81 bits per heavy atom. The lowest BCUT2D eigenvalue weighted by molar-refractivity contribution is 0.162. The van der Waals surface area contributed by atoms with Crippen molar-refractivity contribution in [2.45, 2.75) is 51.7 Å². The fourth-order valence-electron chi connectivity index (χ4n) is 3.41. The number of piperidine rings is 1. The first-order chi connectivity index (χ1) is 10.2. The van der Waals surface area contributed by atoms with Gasteiger partial charge in [-0.25, -0.2) is 0 Å². The zero-order valence-electron chi connectivity index (χ0n) is 13.4. The summed E-state index contributed by atoms with van der Waals surface area (Å²) in [6.45, 7) is 9.10. The summed E-state index contributed by atoms with van der Waals surface area (Å²) in [4.78, 5) is 2.58. The fraction of sp³-hybridized carbons (Fsp3) is 0.667. The molecule has 1 N–H and O–H groups in total. The highest BCUT2D eigenvalue weighted by Crippen LogP contribution is 2.24. The number of hydrogen-bond acceptors (Lipinski definition) is 3. The molecule has 2 aliphatic heterocycles. The van der Waals surface area contributed by atoms with E-state index in [0.29, 0.717) is 12.1 Å². The highest BCUT2D eigenvalue weighted by Gasteiger charge is 2.18. The number of hydrogen-bond donors (Lipinski definition) is 1. The van der Waals surface area contributed by atoms with Crippen molar-refractivity contribution in [1.82, 2.24) is 10.2 Å². The Morgan fingerprint density at radius 3 is 2.52 bits per heavy atom. The van der Waals surface area contributed by atoms with Crippen LogP contribution in [-0.2, 0) is 12.8 Å². The molecule has 21 heavy (non-hydrogen) atoms. The quantitative estimate of drug-likeness (QED) is 0.925. The van der Waals surface area contributed by atoms with Crippen LogP contribution in [0.4, 0.5) is 0 Å². The Kier molecular flexibility index (Phi) is 4.81. The predicted octanol–water partition coefficient (Wildman–Crippen LogP) is 2.63. The van der Waals surface area contributed by atoms with Crippen molar-refractivity contribution in [2.75, 3.05) is 26.2 Å². The average Bonchev–Trinajstić information content (AvgIpc) is 2.70. The second kappa shape index (κ2) is 6.80. The molecule has 1 saturated heterocycles. The molecule has 0 spiro atoms. The van der Waals surface area contributed by atoms with Gasteiger partial charge >= 0.3 is 0 Å². The first-order valence-electron chi connectivity index (χ1n) is 8.45. The van der Waals surface area contributed by atoms with Gasteiger partial charge in [0.2, 0.25) is 0 Å². The SMILES string of the molecule is CC(C)N1CCc2ccc(OC3CCNCC3)cc2CC1. The van der Waals surface area contributed by atoms with Crippen molar-refractivity contribution in [3.05, 3.63) is 29.3 Å². The number of fused-ring (bicyclic) bond motifs is 1. The van der Waals surface area contributed by atoms with Crippen LogP contribution in [0.15, 0.2) is 18.2 Å². The summed E-state index contributed by atoms with van der Waals surface area (Å²) in [5.74, 6) is 1.07. The van der Waals surface area contributed by atoms with Gasteiger partial charge in [0, 0.05) is 19.1 Å². The van der Waals surface area contributed by atoms with Crippen LogP contribution in [0.1, 0.15) is 37.8 Å². The third-order valence-electron chi connectivity index (χ3n) is 4.83. The first-order valence-corrected chi connectivity index (χ1v) is 8.45. The summed E-state index contributed by atoms with van der Waals surface area (Å²) in [5, 5.41) is 3.39. The molecular weight excluding hydrogens is 260 g/mol. The minimum Gasteiger partial charge on any atom is -0.490 e. The minimum atomic E-state index is 0.391. The molecular formula is C18H28N2O. The Balaban J connectivity index is 1.67. The zero-order chi connectivity index (χ0) is 14.7. The monoisotopic (exact) mass is 288 g/mol. The maximum atomic E-state index is 6.18. The molecule has 116 valence electrons. The number of nitrogens with one attached hydrogen (secondary N) is 1. The van der Waals surface area contributed by atoms with Crippen LogP contribution < -0.4 is 10.1 Å². The highest BCUT2D eigenvalue weighted by molar-refractivity contribution is 5.37. The predicted molar refractivity (Wildman–Crippen MR) is 87.1 cm³/mol. The van der Waals surface area contributed by atoms with Gasteiger partial charge in [-0.2, -0.15) is 0 Å². The van der Waals surface area contributed by atoms with Crippen molar-refractivity contribution in [1.29, 1.82) is 0 Å². The lowest BCUT2D eigenvalue weighted by atomic mass is 10.0. The van der Waals surface area contributed by atoms with Crippen LogP contribution in [0.5, 0.6) is 5.75 Å². The van der Waals surface area contributed by atoms with Gasteiger partial charge in [-0.3, -0.25) is 0 Å². The number of rotatable bonds is 3. The highest BCUT2D eigenvalue weighted by atomic mass is 16.5. The Bertz CT molecular complexity index is 466. The van der Waals surface area contributed by atoms with Crippen LogP contribution in [0.25, 0.3) is 0 Å². The largest absolute Gasteiger partial charge is 0.490 e. The Labute approximate surface area is 128 Å². The summed E-state index contributed by atoms with van der Waals surface area (Å²) < 4.78 is 6.18. The number of ether oxygens (including phenoxy) is 1. The maximum Gasteiger partial charge on any atom is 0.120 e. The molecule has 1 fully saturated rings. The van der Waals surface area contributed by atoms with Gasteiger partial charge in [0.15, 0.2) is 0 Å². The standard InChI is InChI=1S/C18H28N2O/c1-14(2)20-11-7-15-3-4-18(13-16(15)8-12-20)21-17-5-9-19-10-6-17/h3-4,13-14,17,19H,5-12H2,1-2H3. The van der Waals surface area contributed by atoms with E-state index in [2.05, 4.69) is 42.3 Å². The molecule has 0 aliphatic carbocycles. The van der Waals surface area contributed by atoms with Crippen molar-refractivity contribution in [3.8, 4) is 5.75 Å². The van der Waals surface area contributed by atoms with Crippen molar-refractivity contribution >= 4 is 0 Å². The molecule has 3 rings (SSSR count). The minimum absolute atomic E-state index is 0.391. The molecule has 0 saturated carbocycles. The van der Waals surface area contributed by atoms with E-state index in [1.807, 2.05) is 0 Å². The molecule has 2 heterocycles. The first kappa shape index (κ1) is 14.9. The summed E-state index contributed by atoms with van der Waals surface area (Å²) in [6.07, 6.45) is 4.95. The lowest BCUT2D eigenvalue weighted by Crippen LogP contribution is -2.34. The van der Waals surface area contributed by atoms with E-state index in [1.165, 1.54) is 30.6 Å². The fourth-order valence-corrected chi connectivity index (χ4v) is 3.41. The van der Waals surface area contributed by atoms with Crippen LogP contribution in [0.2, 0.25) is 0 Å². The number of benzene rings is 1.